The lowest BCUT2D eigenvalue weighted by molar-refractivity contribution is -0.116. The minimum absolute atomic E-state index is 0.0538. The van der Waals surface area contributed by atoms with E-state index in [1.807, 2.05) is 0 Å². The van der Waals surface area contributed by atoms with E-state index in [4.69, 9.17) is 5.26 Å². The van der Waals surface area contributed by atoms with Crippen LogP contribution in [0.15, 0.2) is 34.0 Å². The van der Waals surface area contributed by atoms with Crippen molar-refractivity contribution in [3.05, 3.63) is 62.2 Å². The Morgan fingerprint density at radius 2 is 2.09 bits per heavy atom. The fraction of sp³-hybridized carbons (Fsp3) is 0.200. The topological polar surface area (TPSA) is 96.9 Å². The molecule has 0 spiro atoms. The van der Waals surface area contributed by atoms with Gasteiger partial charge in [0.25, 0.3) is 5.56 Å². The van der Waals surface area contributed by atoms with Crippen LogP contribution in [-0.2, 0) is 18.4 Å². The summed E-state index contributed by atoms with van der Waals surface area (Å²) < 4.78 is 15.4. The van der Waals surface area contributed by atoms with Crippen LogP contribution in [0.2, 0.25) is 0 Å². The molecular weight excluding hydrogens is 303 g/mol. The molecular formula is C15H13FN4O3. The Kier molecular flexibility index (Phi) is 4.41. The number of carbonyl (C=O) groups excluding carboxylic acids is 1. The predicted molar refractivity (Wildman–Crippen MR) is 80.4 cm³/mol. The van der Waals surface area contributed by atoms with E-state index in [9.17, 15) is 18.8 Å². The van der Waals surface area contributed by atoms with E-state index in [-0.39, 0.29) is 11.3 Å². The van der Waals surface area contributed by atoms with Crippen LogP contribution in [0.3, 0.4) is 0 Å². The Hall–Kier alpha value is -3.21. The van der Waals surface area contributed by atoms with E-state index in [2.05, 4.69) is 5.32 Å². The molecule has 0 atom stereocenters. The first-order valence-electron chi connectivity index (χ1n) is 6.60. The molecule has 0 aliphatic carbocycles. The molecule has 7 nitrogen and oxygen atoms in total. The van der Waals surface area contributed by atoms with E-state index in [0.29, 0.717) is 10.1 Å². The van der Waals surface area contributed by atoms with Crippen LogP contribution in [0.1, 0.15) is 11.1 Å². The fourth-order valence-corrected chi connectivity index (χ4v) is 2.00. The molecule has 1 aromatic carbocycles. The molecule has 2 rings (SSSR count). The van der Waals surface area contributed by atoms with Gasteiger partial charge in [0.1, 0.15) is 24.0 Å². The molecule has 2 aromatic rings. The SMILES string of the molecule is Cc1ccc(NC(=O)Cn2c(=O)c(C#N)cn(C)c2=O)c(F)c1. The van der Waals surface area contributed by atoms with Gasteiger partial charge in [-0.2, -0.15) is 5.26 Å². The van der Waals surface area contributed by atoms with Crippen LogP contribution in [0.25, 0.3) is 0 Å². The summed E-state index contributed by atoms with van der Waals surface area (Å²) in [5.74, 6) is -1.37. The van der Waals surface area contributed by atoms with E-state index in [0.717, 1.165) is 10.8 Å². The molecule has 1 aromatic heterocycles. The third-order valence-electron chi connectivity index (χ3n) is 3.15. The second kappa shape index (κ2) is 6.27. The summed E-state index contributed by atoms with van der Waals surface area (Å²) in [6.45, 7) is 1.08. The Balaban J connectivity index is 2.31. The molecule has 0 radical (unpaired) electrons. The fourth-order valence-electron chi connectivity index (χ4n) is 2.00. The maximum atomic E-state index is 13.7. The van der Waals surface area contributed by atoms with Crippen LogP contribution >= 0.6 is 0 Å². The van der Waals surface area contributed by atoms with Crippen molar-refractivity contribution in [3.8, 4) is 6.07 Å². The highest BCUT2D eigenvalue weighted by molar-refractivity contribution is 5.90. The molecule has 0 unspecified atom stereocenters. The summed E-state index contributed by atoms with van der Waals surface area (Å²) in [5, 5.41) is 11.2. The van der Waals surface area contributed by atoms with Crippen molar-refractivity contribution in [1.82, 2.24) is 9.13 Å². The normalized spacial score (nSPS) is 10.2. The van der Waals surface area contributed by atoms with Gasteiger partial charge in [0.2, 0.25) is 5.91 Å². The largest absolute Gasteiger partial charge is 0.331 e. The van der Waals surface area contributed by atoms with Crippen LogP contribution in [0, 0.1) is 24.1 Å². The van der Waals surface area contributed by atoms with E-state index in [1.165, 1.54) is 19.2 Å². The van der Waals surface area contributed by atoms with Crippen LogP contribution in [0.5, 0.6) is 0 Å². The minimum atomic E-state index is -0.866. The number of hydrogen-bond acceptors (Lipinski definition) is 4. The predicted octanol–water partition coefficient (Wildman–Crippen LogP) is 0.505. The van der Waals surface area contributed by atoms with Crippen molar-refractivity contribution in [2.75, 3.05) is 5.32 Å². The third-order valence-corrected chi connectivity index (χ3v) is 3.15. The first-order chi connectivity index (χ1) is 10.8. The maximum Gasteiger partial charge on any atom is 0.331 e. The van der Waals surface area contributed by atoms with Crippen molar-refractivity contribution >= 4 is 11.6 Å². The van der Waals surface area contributed by atoms with E-state index < -0.39 is 29.5 Å². The molecule has 118 valence electrons. The number of amides is 1. The lowest BCUT2D eigenvalue weighted by Crippen LogP contribution is -2.42. The highest BCUT2D eigenvalue weighted by Gasteiger charge is 2.14. The van der Waals surface area contributed by atoms with Gasteiger partial charge in [-0.05, 0) is 24.6 Å². The number of nitrogens with one attached hydrogen (secondary N) is 1. The summed E-state index contributed by atoms with van der Waals surface area (Å²) in [6.07, 6.45) is 1.10. The molecule has 1 heterocycles. The number of hydrogen-bond donors (Lipinski definition) is 1. The van der Waals surface area contributed by atoms with Gasteiger partial charge in [-0.15, -0.1) is 0 Å². The number of benzene rings is 1. The third kappa shape index (κ3) is 3.35. The molecule has 1 amide bonds. The summed E-state index contributed by atoms with van der Waals surface area (Å²) in [4.78, 5) is 35.8. The maximum absolute atomic E-state index is 13.7. The average molecular weight is 316 g/mol. The Morgan fingerprint density at radius 3 is 2.70 bits per heavy atom. The summed E-state index contributed by atoms with van der Waals surface area (Å²) in [5.41, 5.74) is -1.24. The Bertz CT molecular complexity index is 937. The number of aryl methyl sites for hydroxylation is 2. The van der Waals surface area contributed by atoms with E-state index in [1.54, 1.807) is 19.1 Å². The number of carbonyl (C=O) groups is 1. The van der Waals surface area contributed by atoms with Gasteiger partial charge in [0.05, 0.1) is 5.69 Å². The minimum Gasteiger partial charge on any atom is -0.322 e. The van der Waals surface area contributed by atoms with Gasteiger partial charge >= 0.3 is 5.69 Å². The van der Waals surface area contributed by atoms with Crippen molar-refractivity contribution in [1.29, 1.82) is 5.26 Å². The number of aromatic nitrogens is 2. The van der Waals surface area contributed by atoms with Crippen LogP contribution in [0.4, 0.5) is 10.1 Å². The van der Waals surface area contributed by atoms with Gasteiger partial charge < -0.3 is 9.88 Å². The van der Waals surface area contributed by atoms with Crippen LogP contribution < -0.4 is 16.6 Å². The molecule has 0 fully saturated rings. The second-order valence-electron chi connectivity index (χ2n) is 4.97. The monoisotopic (exact) mass is 316 g/mol. The molecule has 0 aliphatic rings. The molecule has 8 heteroatoms. The smallest absolute Gasteiger partial charge is 0.322 e. The Morgan fingerprint density at radius 1 is 1.39 bits per heavy atom. The average Bonchev–Trinajstić information content (AvgIpc) is 2.50. The zero-order valence-corrected chi connectivity index (χ0v) is 12.5. The van der Waals surface area contributed by atoms with Crippen molar-refractivity contribution in [2.45, 2.75) is 13.5 Å². The zero-order valence-electron chi connectivity index (χ0n) is 12.5. The van der Waals surface area contributed by atoms with Gasteiger partial charge in [-0.25, -0.2) is 13.8 Å². The standard InChI is InChI=1S/C15H13FN4O3/c1-9-3-4-12(11(16)5-9)18-13(21)8-20-14(22)10(6-17)7-19(2)15(20)23/h3-5,7H,8H2,1-2H3,(H,18,21). The molecule has 0 bridgehead atoms. The van der Waals surface area contributed by atoms with Crippen molar-refractivity contribution in [2.24, 2.45) is 7.05 Å². The second-order valence-corrected chi connectivity index (χ2v) is 4.97. The van der Waals surface area contributed by atoms with Gasteiger partial charge in [0.15, 0.2) is 0 Å². The van der Waals surface area contributed by atoms with Crippen molar-refractivity contribution in [3.63, 3.8) is 0 Å². The van der Waals surface area contributed by atoms with E-state index >= 15 is 0 Å². The summed E-state index contributed by atoms with van der Waals surface area (Å²) in [7, 11) is 1.36. The number of halogens is 1. The number of nitrogens with zero attached hydrogens (tertiary/aromatic N) is 3. The molecule has 0 saturated heterocycles. The lowest BCUT2D eigenvalue weighted by atomic mass is 10.2. The number of nitriles is 1. The molecule has 0 saturated carbocycles. The number of anilines is 1. The first-order valence-corrected chi connectivity index (χ1v) is 6.60. The highest BCUT2D eigenvalue weighted by Crippen LogP contribution is 2.14. The van der Waals surface area contributed by atoms with Gasteiger partial charge in [-0.1, -0.05) is 6.07 Å². The van der Waals surface area contributed by atoms with Gasteiger partial charge in [-0.3, -0.25) is 9.59 Å². The van der Waals surface area contributed by atoms with Gasteiger partial charge in [0, 0.05) is 13.2 Å². The summed E-state index contributed by atoms with van der Waals surface area (Å²) >= 11 is 0. The molecule has 0 aliphatic heterocycles. The Labute approximate surface area is 130 Å². The zero-order chi connectivity index (χ0) is 17.1. The van der Waals surface area contributed by atoms with Crippen molar-refractivity contribution < 1.29 is 9.18 Å². The molecule has 23 heavy (non-hydrogen) atoms. The highest BCUT2D eigenvalue weighted by atomic mass is 19.1. The lowest BCUT2D eigenvalue weighted by Gasteiger charge is -2.09. The first kappa shape index (κ1) is 16.2. The van der Waals surface area contributed by atoms with Crippen LogP contribution in [-0.4, -0.2) is 15.0 Å². The number of rotatable bonds is 3. The summed E-state index contributed by atoms with van der Waals surface area (Å²) in [6, 6.07) is 5.90. The quantitative estimate of drug-likeness (QED) is 0.892. The molecule has 1 N–H and O–H groups in total.